The normalized spacial score (nSPS) is 16.5. The number of aryl methyl sites for hydroxylation is 1. The van der Waals surface area contributed by atoms with E-state index in [1.165, 1.54) is 10.6 Å². The van der Waals surface area contributed by atoms with E-state index >= 15 is 0 Å². The van der Waals surface area contributed by atoms with Crippen LogP contribution in [0, 0.1) is 5.92 Å². The molecule has 1 amide bonds. The van der Waals surface area contributed by atoms with E-state index in [4.69, 9.17) is 0 Å². The lowest BCUT2D eigenvalue weighted by atomic mass is 9.97. The van der Waals surface area contributed by atoms with E-state index in [9.17, 15) is 13.2 Å². The lowest BCUT2D eigenvalue weighted by Gasteiger charge is -2.29. The van der Waals surface area contributed by atoms with Crippen LogP contribution in [0.1, 0.15) is 25.5 Å². The monoisotopic (exact) mass is 377 g/mol. The number of rotatable bonds is 6. The van der Waals surface area contributed by atoms with E-state index in [0.29, 0.717) is 39.0 Å². The van der Waals surface area contributed by atoms with Gasteiger partial charge in [-0.2, -0.15) is 4.31 Å². The van der Waals surface area contributed by atoms with E-state index in [1.54, 1.807) is 17.0 Å². The molecule has 0 radical (unpaired) electrons. The number of pyridine rings is 1. The second-order valence-corrected chi connectivity index (χ2v) is 8.14. The number of amides is 1. The molecule has 26 heavy (non-hydrogen) atoms. The number of piperidine rings is 1. The average Bonchev–Trinajstić information content (AvgIpc) is 3.17. The molecule has 2 aromatic heterocycles. The summed E-state index contributed by atoms with van der Waals surface area (Å²) in [4.78, 5) is 20.5. The van der Waals surface area contributed by atoms with Crippen molar-refractivity contribution in [2.75, 3.05) is 13.1 Å². The van der Waals surface area contributed by atoms with Crippen molar-refractivity contribution in [2.24, 2.45) is 5.92 Å². The highest BCUT2D eigenvalue weighted by Gasteiger charge is 2.33. The van der Waals surface area contributed by atoms with Crippen molar-refractivity contribution in [1.29, 1.82) is 0 Å². The predicted octanol–water partition coefficient (Wildman–Crippen LogP) is 1.02. The Bertz CT molecular complexity index is 842. The summed E-state index contributed by atoms with van der Waals surface area (Å²) < 4.78 is 28.4. The van der Waals surface area contributed by atoms with Crippen molar-refractivity contribution >= 4 is 15.9 Å². The Hall–Kier alpha value is -2.26. The molecule has 0 aromatic carbocycles. The first-order chi connectivity index (χ1) is 12.5. The highest BCUT2D eigenvalue weighted by molar-refractivity contribution is 7.89. The average molecular weight is 377 g/mol. The zero-order chi connectivity index (χ0) is 18.6. The van der Waals surface area contributed by atoms with Gasteiger partial charge in [-0.05, 0) is 31.9 Å². The Morgan fingerprint density at radius 2 is 2.04 bits per heavy atom. The number of aromatic nitrogens is 3. The molecule has 140 valence electrons. The summed E-state index contributed by atoms with van der Waals surface area (Å²) in [7, 11) is -3.60. The zero-order valence-electron chi connectivity index (χ0n) is 14.7. The molecule has 3 rings (SSSR count). The van der Waals surface area contributed by atoms with Crippen LogP contribution in [0.15, 0.2) is 41.9 Å². The second kappa shape index (κ2) is 7.96. The second-order valence-electron chi connectivity index (χ2n) is 6.26. The number of nitrogens with zero attached hydrogens (tertiary/aromatic N) is 4. The standard InChI is InChI=1S/C17H23N5O3S/c1-2-21-12-16(20-13-21)26(24,25)22-9-6-14(7-10-22)17(23)19-11-15-5-3-4-8-18-15/h3-5,8,12-14H,2,6-7,9-11H2,1H3,(H,19,23). The Balaban J connectivity index is 1.54. The minimum Gasteiger partial charge on any atom is -0.350 e. The van der Waals surface area contributed by atoms with E-state index in [-0.39, 0.29) is 16.9 Å². The summed E-state index contributed by atoms with van der Waals surface area (Å²) in [5.74, 6) is -0.235. The van der Waals surface area contributed by atoms with Crippen molar-refractivity contribution in [3.8, 4) is 0 Å². The van der Waals surface area contributed by atoms with E-state index in [1.807, 2.05) is 25.1 Å². The molecule has 2 aromatic rings. The van der Waals surface area contributed by atoms with Crippen molar-refractivity contribution in [3.05, 3.63) is 42.6 Å². The van der Waals surface area contributed by atoms with Gasteiger partial charge in [0.2, 0.25) is 5.91 Å². The Morgan fingerprint density at radius 1 is 1.27 bits per heavy atom. The van der Waals surface area contributed by atoms with Gasteiger partial charge < -0.3 is 9.88 Å². The fourth-order valence-electron chi connectivity index (χ4n) is 2.96. The summed E-state index contributed by atoms with van der Waals surface area (Å²) >= 11 is 0. The van der Waals surface area contributed by atoms with Gasteiger partial charge in [0, 0.05) is 37.9 Å². The smallest absolute Gasteiger partial charge is 0.262 e. The van der Waals surface area contributed by atoms with Crippen molar-refractivity contribution in [2.45, 2.75) is 37.9 Å². The molecule has 1 aliphatic heterocycles. The summed E-state index contributed by atoms with van der Waals surface area (Å²) in [6.45, 7) is 3.62. The van der Waals surface area contributed by atoms with Crippen LogP contribution in [0.3, 0.4) is 0 Å². The van der Waals surface area contributed by atoms with Crippen LogP contribution in [-0.2, 0) is 27.9 Å². The molecule has 1 N–H and O–H groups in total. The van der Waals surface area contributed by atoms with Gasteiger partial charge in [0.25, 0.3) is 10.0 Å². The van der Waals surface area contributed by atoms with Crippen LogP contribution >= 0.6 is 0 Å². The first kappa shape index (κ1) is 18.5. The van der Waals surface area contributed by atoms with Crippen LogP contribution in [-0.4, -0.2) is 46.3 Å². The lowest BCUT2D eigenvalue weighted by Crippen LogP contribution is -2.43. The zero-order valence-corrected chi connectivity index (χ0v) is 15.5. The van der Waals surface area contributed by atoms with E-state index < -0.39 is 10.0 Å². The van der Waals surface area contributed by atoms with Gasteiger partial charge in [-0.25, -0.2) is 13.4 Å². The molecule has 0 saturated carbocycles. The Kier molecular flexibility index (Phi) is 5.67. The highest BCUT2D eigenvalue weighted by atomic mass is 32.2. The number of hydrogen-bond acceptors (Lipinski definition) is 5. The van der Waals surface area contributed by atoms with E-state index in [0.717, 1.165) is 5.69 Å². The fourth-order valence-corrected chi connectivity index (χ4v) is 4.37. The molecule has 1 aliphatic rings. The first-order valence-corrected chi connectivity index (χ1v) is 10.1. The maximum absolute atomic E-state index is 12.6. The van der Waals surface area contributed by atoms with Gasteiger partial charge in [0.1, 0.15) is 0 Å². The van der Waals surface area contributed by atoms with E-state index in [2.05, 4.69) is 15.3 Å². The number of carbonyl (C=O) groups excluding carboxylic acids is 1. The number of sulfonamides is 1. The number of imidazole rings is 1. The van der Waals surface area contributed by atoms with Gasteiger partial charge >= 0.3 is 0 Å². The fraction of sp³-hybridized carbons (Fsp3) is 0.471. The van der Waals surface area contributed by atoms with Crippen LogP contribution in [0.5, 0.6) is 0 Å². The maximum Gasteiger partial charge on any atom is 0.262 e. The van der Waals surface area contributed by atoms with Crippen LogP contribution < -0.4 is 5.32 Å². The SMILES string of the molecule is CCn1cnc(S(=O)(=O)N2CCC(C(=O)NCc3ccccn3)CC2)c1. The molecule has 0 aliphatic carbocycles. The number of hydrogen-bond donors (Lipinski definition) is 1. The largest absolute Gasteiger partial charge is 0.350 e. The summed E-state index contributed by atoms with van der Waals surface area (Å²) in [5, 5.41) is 2.95. The third kappa shape index (κ3) is 4.10. The molecule has 1 saturated heterocycles. The predicted molar refractivity (Wildman–Crippen MR) is 95.5 cm³/mol. The molecular weight excluding hydrogens is 354 g/mol. The van der Waals surface area contributed by atoms with Gasteiger partial charge in [-0.1, -0.05) is 6.07 Å². The maximum atomic E-state index is 12.6. The highest BCUT2D eigenvalue weighted by Crippen LogP contribution is 2.23. The van der Waals surface area contributed by atoms with Gasteiger partial charge in [0.05, 0.1) is 18.6 Å². The minimum atomic E-state index is -3.60. The molecule has 0 atom stereocenters. The quantitative estimate of drug-likeness (QED) is 0.810. The van der Waals surface area contributed by atoms with Gasteiger partial charge in [0.15, 0.2) is 5.03 Å². The molecule has 0 bridgehead atoms. The lowest BCUT2D eigenvalue weighted by molar-refractivity contribution is -0.126. The summed E-state index contributed by atoms with van der Waals surface area (Å²) in [6.07, 6.45) is 5.75. The summed E-state index contributed by atoms with van der Waals surface area (Å²) in [6, 6.07) is 5.55. The molecule has 3 heterocycles. The topological polar surface area (TPSA) is 97.2 Å². The number of nitrogens with one attached hydrogen (secondary N) is 1. The van der Waals surface area contributed by atoms with Crippen LogP contribution in [0.4, 0.5) is 0 Å². The van der Waals surface area contributed by atoms with Gasteiger partial charge in [-0.15, -0.1) is 0 Å². The molecular formula is C17H23N5O3S. The molecule has 9 heteroatoms. The van der Waals surface area contributed by atoms with Crippen LogP contribution in [0.2, 0.25) is 0 Å². The third-order valence-electron chi connectivity index (χ3n) is 4.57. The molecule has 8 nitrogen and oxygen atoms in total. The third-order valence-corrected chi connectivity index (χ3v) is 6.36. The van der Waals surface area contributed by atoms with Crippen molar-refractivity contribution < 1.29 is 13.2 Å². The molecule has 0 spiro atoms. The van der Waals surface area contributed by atoms with Gasteiger partial charge in [-0.3, -0.25) is 9.78 Å². The van der Waals surface area contributed by atoms with Crippen molar-refractivity contribution in [3.63, 3.8) is 0 Å². The molecule has 0 unspecified atom stereocenters. The van der Waals surface area contributed by atoms with Crippen molar-refractivity contribution in [1.82, 2.24) is 24.2 Å². The molecule has 1 fully saturated rings. The Labute approximate surface area is 153 Å². The first-order valence-electron chi connectivity index (χ1n) is 8.70. The minimum absolute atomic E-state index is 0.0528. The van der Waals surface area contributed by atoms with Crippen LogP contribution in [0.25, 0.3) is 0 Å². The summed E-state index contributed by atoms with van der Waals surface area (Å²) in [5.41, 5.74) is 0.798. The Morgan fingerprint density at radius 3 is 2.65 bits per heavy atom. The number of carbonyl (C=O) groups is 1.